The van der Waals surface area contributed by atoms with Crippen molar-refractivity contribution < 1.29 is 26.3 Å². The van der Waals surface area contributed by atoms with Gasteiger partial charge in [-0.25, -0.2) is 8.42 Å². The van der Waals surface area contributed by atoms with Crippen LogP contribution in [-0.4, -0.2) is 20.5 Å². The number of hydrogen-bond acceptors (Lipinski definition) is 3. The fraction of sp³-hybridized carbons (Fsp3) is 0.333. The average molecular weight is 269 g/mol. The van der Waals surface area contributed by atoms with Crippen molar-refractivity contribution in [2.24, 2.45) is 0 Å². The van der Waals surface area contributed by atoms with Crippen LogP contribution in [0.1, 0.15) is 6.92 Å². The van der Waals surface area contributed by atoms with Crippen LogP contribution in [0.3, 0.4) is 0 Å². The summed E-state index contributed by atoms with van der Waals surface area (Å²) in [7, 11) is -3.52. The summed E-state index contributed by atoms with van der Waals surface area (Å²) >= 11 is 0. The molecule has 0 aliphatic carbocycles. The lowest BCUT2D eigenvalue weighted by atomic mass is 10.3. The van der Waals surface area contributed by atoms with Gasteiger partial charge in [0.15, 0.2) is 0 Å². The molecule has 8 heteroatoms. The molecule has 0 atom stereocenters. The highest BCUT2D eigenvalue weighted by atomic mass is 32.2. The van der Waals surface area contributed by atoms with Crippen LogP contribution in [0.2, 0.25) is 0 Å². The van der Waals surface area contributed by atoms with Gasteiger partial charge in [0.25, 0.3) is 0 Å². The second-order valence-electron chi connectivity index (χ2n) is 3.08. The number of benzene rings is 1. The Morgan fingerprint density at radius 2 is 2.00 bits per heavy atom. The van der Waals surface area contributed by atoms with Crippen LogP contribution in [0.5, 0.6) is 5.75 Å². The molecule has 0 spiro atoms. The Morgan fingerprint density at radius 3 is 2.53 bits per heavy atom. The molecule has 0 saturated carbocycles. The van der Waals surface area contributed by atoms with Crippen LogP contribution in [-0.2, 0) is 10.0 Å². The summed E-state index contributed by atoms with van der Waals surface area (Å²) in [5.41, 5.74) is 0.0219. The molecule has 0 amide bonds. The molecule has 0 unspecified atom stereocenters. The second kappa shape index (κ2) is 4.82. The molecule has 96 valence electrons. The average Bonchev–Trinajstić information content (AvgIpc) is 2.14. The maximum atomic E-state index is 11.9. The van der Waals surface area contributed by atoms with Crippen molar-refractivity contribution in [1.82, 2.24) is 0 Å². The van der Waals surface area contributed by atoms with Gasteiger partial charge in [0.05, 0.1) is 11.4 Å². The van der Waals surface area contributed by atoms with Crippen LogP contribution in [0.15, 0.2) is 24.3 Å². The van der Waals surface area contributed by atoms with E-state index in [0.29, 0.717) is 0 Å². The zero-order valence-electron chi connectivity index (χ0n) is 8.78. The Labute approximate surface area is 96.4 Å². The summed E-state index contributed by atoms with van der Waals surface area (Å²) < 4.78 is 63.9. The first-order valence-corrected chi connectivity index (χ1v) is 6.23. The van der Waals surface area contributed by atoms with E-state index < -0.39 is 22.1 Å². The number of alkyl halides is 3. The fourth-order valence-electron chi connectivity index (χ4n) is 1.01. The lowest BCUT2D eigenvalue weighted by Crippen LogP contribution is -2.18. The zero-order chi connectivity index (χ0) is 13.1. The molecule has 4 nitrogen and oxygen atoms in total. The van der Waals surface area contributed by atoms with Crippen LogP contribution >= 0.6 is 0 Å². The molecule has 1 aromatic rings. The predicted molar refractivity (Wildman–Crippen MR) is 56.2 cm³/mol. The molecular weight excluding hydrogens is 259 g/mol. The molecule has 0 aromatic heterocycles. The summed E-state index contributed by atoms with van der Waals surface area (Å²) in [5, 5.41) is 0. The van der Waals surface area contributed by atoms with Crippen molar-refractivity contribution in [3.8, 4) is 5.75 Å². The minimum atomic E-state index is -4.80. The quantitative estimate of drug-likeness (QED) is 0.912. The highest BCUT2D eigenvalue weighted by Crippen LogP contribution is 2.25. The Balaban J connectivity index is 2.87. The van der Waals surface area contributed by atoms with Gasteiger partial charge < -0.3 is 4.74 Å². The van der Waals surface area contributed by atoms with Gasteiger partial charge in [0.2, 0.25) is 10.0 Å². The van der Waals surface area contributed by atoms with E-state index in [1.807, 2.05) is 0 Å². The number of rotatable bonds is 4. The molecule has 0 aliphatic heterocycles. The van der Waals surface area contributed by atoms with Crippen LogP contribution in [0.4, 0.5) is 18.9 Å². The summed E-state index contributed by atoms with van der Waals surface area (Å²) in [5.74, 6) is -0.647. The number of sulfonamides is 1. The van der Waals surface area contributed by atoms with Crippen LogP contribution in [0, 0.1) is 0 Å². The molecule has 0 fully saturated rings. The van der Waals surface area contributed by atoms with Crippen molar-refractivity contribution in [2.45, 2.75) is 13.3 Å². The largest absolute Gasteiger partial charge is 0.573 e. The maximum Gasteiger partial charge on any atom is 0.573 e. The molecule has 1 N–H and O–H groups in total. The zero-order valence-corrected chi connectivity index (χ0v) is 9.60. The number of halogens is 3. The van der Waals surface area contributed by atoms with Crippen LogP contribution in [0.25, 0.3) is 0 Å². The van der Waals surface area contributed by atoms with Gasteiger partial charge in [-0.1, -0.05) is 6.07 Å². The van der Waals surface area contributed by atoms with Crippen molar-refractivity contribution in [3.63, 3.8) is 0 Å². The lowest BCUT2D eigenvalue weighted by molar-refractivity contribution is -0.274. The Hall–Kier alpha value is -1.44. The topological polar surface area (TPSA) is 55.4 Å². The SMILES string of the molecule is CCS(=O)(=O)Nc1cccc(OC(F)(F)F)c1. The fourth-order valence-corrected chi connectivity index (χ4v) is 1.64. The van der Waals surface area contributed by atoms with E-state index in [0.717, 1.165) is 12.1 Å². The molecule has 0 saturated heterocycles. The molecule has 0 radical (unpaired) electrons. The standard InChI is InChI=1S/C9H10F3NO3S/c1-2-17(14,15)13-7-4-3-5-8(6-7)16-9(10,11)12/h3-6,13H,2H2,1H3. The van der Waals surface area contributed by atoms with Gasteiger partial charge in [-0.15, -0.1) is 13.2 Å². The lowest BCUT2D eigenvalue weighted by Gasteiger charge is -2.10. The van der Waals surface area contributed by atoms with E-state index in [2.05, 4.69) is 9.46 Å². The number of ether oxygens (including phenoxy) is 1. The summed E-state index contributed by atoms with van der Waals surface area (Å²) in [6.45, 7) is 1.42. The summed E-state index contributed by atoms with van der Waals surface area (Å²) in [6, 6.07) is 4.63. The molecular formula is C9H10F3NO3S. The third-order valence-corrected chi connectivity index (χ3v) is 3.03. The van der Waals surface area contributed by atoms with E-state index in [1.54, 1.807) is 0 Å². The normalized spacial score (nSPS) is 12.2. The smallest absolute Gasteiger partial charge is 0.406 e. The van der Waals surface area contributed by atoms with E-state index in [9.17, 15) is 21.6 Å². The van der Waals surface area contributed by atoms with Crippen molar-refractivity contribution in [3.05, 3.63) is 24.3 Å². The van der Waals surface area contributed by atoms with Crippen molar-refractivity contribution in [1.29, 1.82) is 0 Å². The molecule has 0 bridgehead atoms. The van der Waals surface area contributed by atoms with Crippen molar-refractivity contribution >= 4 is 15.7 Å². The minimum Gasteiger partial charge on any atom is -0.406 e. The van der Waals surface area contributed by atoms with E-state index in [4.69, 9.17) is 0 Å². The first-order valence-electron chi connectivity index (χ1n) is 4.58. The number of hydrogen-bond donors (Lipinski definition) is 1. The van der Waals surface area contributed by atoms with E-state index in [1.165, 1.54) is 19.1 Å². The maximum absolute atomic E-state index is 11.9. The third kappa shape index (κ3) is 4.94. The predicted octanol–water partition coefficient (Wildman–Crippen LogP) is 2.35. The first-order chi connectivity index (χ1) is 7.72. The van der Waals surface area contributed by atoms with Gasteiger partial charge in [-0.3, -0.25) is 4.72 Å². The number of nitrogens with one attached hydrogen (secondary N) is 1. The number of anilines is 1. The monoisotopic (exact) mass is 269 g/mol. The highest BCUT2D eigenvalue weighted by Gasteiger charge is 2.31. The van der Waals surface area contributed by atoms with Gasteiger partial charge in [0.1, 0.15) is 5.75 Å². The summed E-state index contributed by atoms with van der Waals surface area (Å²) in [4.78, 5) is 0. The van der Waals surface area contributed by atoms with E-state index in [-0.39, 0.29) is 11.4 Å². The molecule has 0 heterocycles. The van der Waals surface area contributed by atoms with Gasteiger partial charge in [-0.05, 0) is 19.1 Å². The first kappa shape index (κ1) is 13.6. The summed E-state index contributed by atoms with van der Waals surface area (Å²) in [6.07, 6.45) is -4.80. The van der Waals surface area contributed by atoms with Gasteiger partial charge in [0, 0.05) is 6.07 Å². The Kier molecular flexibility index (Phi) is 3.87. The highest BCUT2D eigenvalue weighted by molar-refractivity contribution is 7.92. The Bertz CT molecular complexity index is 485. The van der Waals surface area contributed by atoms with Gasteiger partial charge in [-0.2, -0.15) is 0 Å². The van der Waals surface area contributed by atoms with Crippen LogP contribution < -0.4 is 9.46 Å². The van der Waals surface area contributed by atoms with Crippen molar-refractivity contribution in [2.75, 3.05) is 10.5 Å². The Morgan fingerprint density at radius 1 is 1.35 bits per heavy atom. The molecule has 1 rings (SSSR count). The molecule has 0 aliphatic rings. The third-order valence-electron chi connectivity index (χ3n) is 1.72. The molecule has 1 aromatic carbocycles. The second-order valence-corrected chi connectivity index (χ2v) is 5.09. The van der Waals surface area contributed by atoms with Gasteiger partial charge >= 0.3 is 6.36 Å². The minimum absolute atomic E-state index is 0.0219. The van der Waals surface area contributed by atoms with E-state index >= 15 is 0 Å². The molecule has 17 heavy (non-hydrogen) atoms.